The smallest absolute Gasteiger partial charge is 0.356 e. The van der Waals surface area contributed by atoms with Gasteiger partial charge >= 0.3 is 5.97 Å². The summed E-state index contributed by atoms with van der Waals surface area (Å²) < 4.78 is 29.8. The van der Waals surface area contributed by atoms with E-state index in [0.717, 1.165) is 6.26 Å². The average molecular weight is 407 g/mol. The van der Waals surface area contributed by atoms with Crippen molar-refractivity contribution in [1.29, 1.82) is 0 Å². The van der Waals surface area contributed by atoms with E-state index in [-0.39, 0.29) is 10.6 Å². The Morgan fingerprint density at radius 3 is 2.33 bits per heavy atom. The van der Waals surface area contributed by atoms with Gasteiger partial charge in [0.05, 0.1) is 28.4 Å². The van der Waals surface area contributed by atoms with Gasteiger partial charge in [-0.1, -0.05) is 23.7 Å². The highest BCUT2D eigenvalue weighted by Crippen LogP contribution is 2.30. The maximum atomic E-state index is 11.6. The number of carboxylic acid groups (broad SMARTS) is 1. The molecule has 0 saturated heterocycles. The minimum atomic E-state index is -3.33. The summed E-state index contributed by atoms with van der Waals surface area (Å²) in [5, 5.41) is 13.8. The first-order valence-electron chi connectivity index (χ1n) is 7.68. The molecule has 0 unspecified atom stereocenters. The van der Waals surface area contributed by atoms with E-state index >= 15 is 0 Å². The monoisotopic (exact) mass is 406 g/mol. The number of aromatic carboxylic acids is 1. The van der Waals surface area contributed by atoms with Crippen LogP contribution in [-0.2, 0) is 9.84 Å². The molecule has 0 spiro atoms. The topological polar surface area (TPSA) is 98.5 Å². The number of hydrogen-bond acceptors (Lipinski definition) is 5. The van der Waals surface area contributed by atoms with Gasteiger partial charge in [-0.3, -0.25) is 0 Å². The molecule has 0 fully saturated rings. The molecule has 3 aromatic rings. The average Bonchev–Trinajstić information content (AvgIpc) is 3.06. The van der Waals surface area contributed by atoms with Crippen molar-refractivity contribution in [1.82, 2.24) is 9.78 Å². The first-order chi connectivity index (χ1) is 12.7. The number of sulfone groups is 1. The summed E-state index contributed by atoms with van der Waals surface area (Å²) >= 11 is 6.17. The number of rotatable bonds is 5. The van der Waals surface area contributed by atoms with Gasteiger partial charge < -0.3 is 9.84 Å². The van der Waals surface area contributed by atoms with Gasteiger partial charge in [-0.05, 0) is 36.4 Å². The second-order valence-corrected chi connectivity index (χ2v) is 8.17. The zero-order valence-electron chi connectivity index (χ0n) is 14.4. The highest BCUT2D eigenvalue weighted by Gasteiger charge is 2.17. The molecule has 2 aromatic carbocycles. The van der Waals surface area contributed by atoms with Gasteiger partial charge in [0.25, 0.3) is 0 Å². The molecule has 9 heteroatoms. The van der Waals surface area contributed by atoms with Crippen molar-refractivity contribution < 1.29 is 23.1 Å². The molecule has 27 heavy (non-hydrogen) atoms. The van der Waals surface area contributed by atoms with Crippen LogP contribution in [0.2, 0.25) is 5.02 Å². The lowest BCUT2D eigenvalue weighted by molar-refractivity contribution is 0.0690. The van der Waals surface area contributed by atoms with Crippen molar-refractivity contribution in [2.75, 3.05) is 13.4 Å². The summed E-state index contributed by atoms with van der Waals surface area (Å²) in [6.07, 6.45) is 1.12. The standard InChI is InChI=1S/C18H15ClN2O5S/c1-26-17-8-5-12(9-14(17)19)21-16(10-15(20-21)18(22)23)11-3-6-13(7-4-11)27(2,24)25/h3-10H,1-2H3,(H,22,23). The molecule has 0 bridgehead atoms. The van der Waals surface area contributed by atoms with Gasteiger partial charge in [-0.25, -0.2) is 17.9 Å². The van der Waals surface area contributed by atoms with E-state index in [2.05, 4.69) is 5.10 Å². The first-order valence-corrected chi connectivity index (χ1v) is 9.95. The molecule has 1 heterocycles. The molecule has 1 N–H and O–H groups in total. The number of benzene rings is 2. The van der Waals surface area contributed by atoms with Crippen LogP contribution in [0.15, 0.2) is 53.4 Å². The molecule has 0 radical (unpaired) electrons. The lowest BCUT2D eigenvalue weighted by Crippen LogP contribution is -2.03. The molecule has 0 aliphatic rings. The quantitative estimate of drug-likeness (QED) is 0.698. The fourth-order valence-electron chi connectivity index (χ4n) is 2.55. The third-order valence-corrected chi connectivity index (χ3v) is 5.31. The zero-order chi connectivity index (χ0) is 19.8. The Kier molecular flexibility index (Phi) is 4.95. The Morgan fingerprint density at radius 2 is 1.81 bits per heavy atom. The summed E-state index contributed by atoms with van der Waals surface area (Å²) in [6, 6.07) is 12.5. The lowest BCUT2D eigenvalue weighted by atomic mass is 10.1. The number of nitrogens with zero attached hydrogens (tertiary/aromatic N) is 2. The molecule has 1 aromatic heterocycles. The zero-order valence-corrected chi connectivity index (χ0v) is 16.0. The van der Waals surface area contributed by atoms with Crippen LogP contribution >= 0.6 is 11.6 Å². The van der Waals surface area contributed by atoms with E-state index in [0.29, 0.717) is 27.7 Å². The Bertz CT molecular complexity index is 1120. The third kappa shape index (κ3) is 3.81. The van der Waals surface area contributed by atoms with Gasteiger partial charge in [0.2, 0.25) is 0 Å². The molecule has 0 aliphatic heterocycles. The molecule has 0 saturated carbocycles. The fraction of sp³-hybridized carbons (Fsp3) is 0.111. The second kappa shape index (κ2) is 7.05. The van der Waals surface area contributed by atoms with E-state index in [1.807, 2.05) is 0 Å². The number of aromatic nitrogens is 2. The molecule has 0 amide bonds. The number of ether oxygens (including phenoxy) is 1. The third-order valence-electron chi connectivity index (χ3n) is 3.89. The van der Waals surface area contributed by atoms with E-state index < -0.39 is 15.8 Å². The minimum Gasteiger partial charge on any atom is -0.495 e. The number of carbonyl (C=O) groups is 1. The Balaban J connectivity index is 2.15. The van der Waals surface area contributed by atoms with E-state index in [4.69, 9.17) is 16.3 Å². The van der Waals surface area contributed by atoms with Crippen molar-refractivity contribution in [3.05, 3.63) is 59.2 Å². The van der Waals surface area contributed by atoms with E-state index in [1.54, 1.807) is 30.3 Å². The van der Waals surface area contributed by atoms with Crippen LogP contribution < -0.4 is 4.74 Å². The van der Waals surface area contributed by atoms with Gasteiger partial charge in [-0.2, -0.15) is 5.10 Å². The maximum absolute atomic E-state index is 11.6. The predicted molar refractivity (Wildman–Crippen MR) is 101 cm³/mol. The van der Waals surface area contributed by atoms with Crippen LogP contribution in [0, 0.1) is 0 Å². The van der Waals surface area contributed by atoms with Crippen molar-refractivity contribution in [2.45, 2.75) is 4.90 Å². The number of hydrogen-bond donors (Lipinski definition) is 1. The molecule has 140 valence electrons. The number of methoxy groups -OCH3 is 1. The van der Waals surface area contributed by atoms with Gasteiger partial charge in [0.1, 0.15) is 5.75 Å². The normalized spacial score (nSPS) is 11.4. The number of carboxylic acids is 1. The number of halogens is 1. The molecule has 3 rings (SSSR count). The second-order valence-electron chi connectivity index (χ2n) is 5.75. The highest BCUT2D eigenvalue weighted by molar-refractivity contribution is 7.90. The first kappa shape index (κ1) is 18.9. The maximum Gasteiger partial charge on any atom is 0.356 e. The fourth-order valence-corrected chi connectivity index (χ4v) is 3.43. The van der Waals surface area contributed by atoms with Gasteiger partial charge in [0, 0.05) is 11.8 Å². The van der Waals surface area contributed by atoms with Crippen LogP contribution in [0.3, 0.4) is 0 Å². The Morgan fingerprint density at radius 1 is 1.15 bits per heavy atom. The summed E-state index contributed by atoms with van der Waals surface area (Å²) in [7, 11) is -1.84. The van der Waals surface area contributed by atoms with Crippen LogP contribution in [0.1, 0.15) is 10.5 Å². The molecule has 0 aliphatic carbocycles. The Hall–Kier alpha value is -2.84. The largest absolute Gasteiger partial charge is 0.495 e. The summed E-state index contributed by atoms with van der Waals surface area (Å²) in [4.78, 5) is 11.6. The van der Waals surface area contributed by atoms with Gasteiger partial charge in [0.15, 0.2) is 15.5 Å². The summed E-state index contributed by atoms with van der Waals surface area (Å²) in [6.45, 7) is 0. The van der Waals surface area contributed by atoms with Crippen LogP contribution in [0.4, 0.5) is 0 Å². The summed E-state index contributed by atoms with van der Waals surface area (Å²) in [5.74, 6) is -0.701. The van der Waals surface area contributed by atoms with Crippen LogP contribution in [-0.4, -0.2) is 42.6 Å². The lowest BCUT2D eigenvalue weighted by Gasteiger charge is -2.10. The molecule has 7 nitrogen and oxygen atoms in total. The van der Waals surface area contributed by atoms with Crippen molar-refractivity contribution in [3.8, 4) is 22.7 Å². The van der Waals surface area contributed by atoms with E-state index in [9.17, 15) is 18.3 Å². The van der Waals surface area contributed by atoms with E-state index in [1.165, 1.54) is 30.0 Å². The van der Waals surface area contributed by atoms with Crippen molar-refractivity contribution in [3.63, 3.8) is 0 Å². The highest BCUT2D eigenvalue weighted by atomic mass is 35.5. The predicted octanol–water partition coefficient (Wildman–Crippen LogP) is 3.30. The molecular formula is C18H15ClN2O5S. The molecule has 0 atom stereocenters. The van der Waals surface area contributed by atoms with Crippen molar-refractivity contribution in [2.24, 2.45) is 0 Å². The SMILES string of the molecule is COc1ccc(-n2nc(C(=O)O)cc2-c2ccc(S(C)(=O)=O)cc2)cc1Cl. The Labute approximate surface area is 160 Å². The van der Waals surface area contributed by atoms with Gasteiger partial charge in [-0.15, -0.1) is 0 Å². The van der Waals surface area contributed by atoms with Crippen LogP contribution in [0.5, 0.6) is 5.75 Å². The van der Waals surface area contributed by atoms with Crippen LogP contribution in [0.25, 0.3) is 16.9 Å². The molecular weight excluding hydrogens is 392 g/mol. The summed E-state index contributed by atoms with van der Waals surface area (Å²) in [5.41, 5.74) is 1.47. The minimum absolute atomic E-state index is 0.149. The van der Waals surface area contributed by atoms with Crippen molar-refractivity contribution >= 4 is 27.4 Å².